The first-order valence-corrected chi connectivity index (χ1v) is 12.1. The summed E-state index contributed by atoms with van der Waals surface area (Å²) in [4.78, 5) is 29.0. The van der Waals surface area contributed by atoms with Crippen molar-refractivity contribution in [3.05, 3.63) is 68.6 Å². The predicted molar refractivity (Wildman–Crippen MR) is 135 cm³/mol. The monoisotopic (exact) mass is 479 g/mol. The molecule has 4 rings (SSSR count). The van der Waals surface area contributed by atoms with E-state index in [0.29, 0.717) is 54.2 Å². The maximum absolute atomic E-state index is 13.8. The Balaban J connectivity index is 1.86. The average Bonchev–Trinajstić information content (AvgIpc) is 3.12. The van der Waals surface area contributed by atoms with Crippen LogP contribution in [0.25, 0.3) is 11.0 Å². The van der Waals surface area contributed by atoms with Crippen molar-refractivity contribution in [2.45, 2.75) is 46.1 Å². The van der Waals surface area contributed by atoms with Crippen LogP contribution < -0.4 is 14.9 Å². The van der Waals surface area contributed by atoms with Gasteiger partial charge in [-0.3, -0.25) is 9.59 Å². The molecule has 35 heavy (non-hydrogen) atoms. The number of nitrogens with zero attached hydrogens (tertiary/aromatic N) is 1. The van der Waals surface area contributed by atoms with E-state index in [2.05, 4.69) is 6.92 Å². The van der Waals surface area contributed by atoms with E-state index < -0.39 is 6.04 Å². The minimum atomic E-state index is -0.589. The van der Waals surface area contributed by atoms with Crippen molar-refractivity contribution >= 4 is 16.9 Å². The summed E-state index contributed by atoms with van der Waals surface area (Å²) >= 11 is 0. The van der Waals surface area contributed by atoms with Crippen molar-refractivity contribution in [1.82, 2.24) is 4.90 Å². The van der Waals surface area contributed by atoms with Crippen LogP contribution in [0.4, 0.5) is 0 Å². The molecule has 186 valence electrons. The lowest BCUT2D eigenvalue weighted by Gasteiger charge is -2.25. The van der Waals surface area contributed by atoms with Gasteiger partial charge in [0.25, 0.3) is 5.91 Å². The SMILES string of the molecule is CCCCOc1ccc(C2c3c(oc4c(C)cc(C)cc4c3=O)C(=O)N2CCCOC)cc1OC. The van der Waals surface area contributed by atoms with Crippen LogP contribution in [0.3, 0.4) is 0 Å². The molecule has 1 aliphatic heterocycles. The molecule has 0 spiro atoms. The van der Waals surface area contributed by atoms with Crippen LogP contribution in [-0.4, -0.2) is 44.8 Å². The molecular weight excluding hydrogens is 446 g/mol. The summed E-state index contributed by atoms with van der Waals surface area (Å²) in [6, 6.07) is 8.78. The summed E-state index contributed by atoms with van der Waals surface area (Å²) in [7, 11) is 3.21. The molecule has 1 amide bonds. The van der Waals surface area contributed by atoms with Crippen LogP contribution in [0.2, 0.25) is 0 Å². The first-order chi connectivity index (χ1) is 16.9. The Morgan fingerprint density at radius 2 is 1.80 bits per heavy atom. The number of amides is 1. The molecule has 7 nitrogen and oxygen atoms in total. The van der Waals surface area contributed by atoms with E-state index in [4.69, 9.17) is 18.6 Å². The zero-order chi connectivity index (χ0) is 25.1. The smallest absolute Gasteiger partial charge is 0.290 e. The summed E-state index contributed by atoms with van der Waals surface area (Å²) in [5.74, 6) is 1.02. The predicted octanol–water partition coefficient (Wildman–Crippen LogP) is 5.18. The molecule has 1 unspecified atom stereocenters. The molecule has 2 aromatic carbocycles. The third-order valence-electron chi connectivity index (χ3n) is 6.40. The average molecular weight is 480 g/mol. The van der Waals surface area contributed by atoms with Crippen LogP contribution in [0, 0.1) is 13.8 Å². The highest BCUT2D eigenvalue weighted by Crippen LogP contribution is 2.41. The Labute approximate surface area is 205 Å². The fourth-order valence-corrected chi connectivity index (χ4v) is 4.73. The number of unbranched alkanes of at least 4 members (excludes halogenated alkanes) is 1. The maximum atomic E-state index is 13.8. The standard InChI is InChI=1S/C28H33NO6/c1-6-7-13-34-21-10-9-19(16-22(21)33-5)24-23-25(30)20-15-17(2)14-18(3)26(20)35-27(23)28(31)29(24)11-8-12-32-4/h9-10,14-16,24H,6-8,11-13H2,1-5H3. The molecule has 0 bridgehead atoms. The second-order valence-electron chi connectivity index (χ2n) is 8.99. The number of ether oxygens (including phenoxy) is 3. The van der Waals surface area contributed by atoms with E-state index in [9.17, 15) is 9.59 Å². The maximum Gasteiger partial charge on any atom is 0.290 e. The van der Waals surface area contributed by atoms with Gasteiger partial charge in [-0.1, -0.05) is 25.5 Å². The third-order valence-corrected chi connectivity index (χ3v) is 6.40. The van der Waals surface area contributed by atoms with Gasteiger partial charge in [-0.15, -0.1) is 0 Å². The summed E-state index contributed by atoms with van der Waals surface area (Å²) in [6.07, 6.45) is 2.60. The molecule has 7 heteroatoms. The van der Waals surface area contributed by atoms with E-state index in [0.717, 1.165) is 29.5 Å². The Morgan fingerprint density at radius 3 is 2.51 bits per heavy atom. The molecule has 0 radical (unpaired) electrons. The number of aryl methyl sites for hydroxylation is 2. The van der Waals surface area contributed by atoms with Gasteiger partial charge in [0.1, 0.15) is 5.58 Å². The minimum absolute atomic E-state index is 0.110. The fourth-order valence-electron chi connectivity index (χ4n) is 4.73. The molecule has 0 saturated heterocycles. The van der Waals surface area contributed by atoms with Gasteiger partial charge in [-0.05, 0) is 61.6 Å². The van der Waals surface area contributed by atoms with Crippen molar-refractivity contribution < 1.29 is 23.4 Å². The second kappa shape index (κ2) is 10.5. The number of fused-ring (bicyclic) bond motifs is 2. The molecule has 0 saturated carbocycles. The van der Waals surface area contributed by atoms with E-state index in [1.165, 1.54) is 0 Å². The van der Waals surface area contributed by atoms with E-state index in [-0.39, 0.29) is 17.1 Å². The fraction of sp³-hybridized carbons (Fsp3) is 0.429. The number of hydrogen-bond donors (Lipinski definition) is 0. The summed E-state index contributed by atoms with van der Waals surface area (Å²) in [5, 5.41) is 0.490. The van der Waals surface area contributed by atoms with Crippen LogP contribution in [0.1, 0.15) is 65.0 Å². The number of benzene rings is 2. The zero-order valence-electron chi connectivity index (χ0n) is 21.1. The topological polar surface area (TPSA) is 78.2 Å². The van der Waals surface area contributed by atoms with Gasteiger partial charge in [0.15, 0.2) is 16.9 Å². The molecule has 1 aromatic heterocycles. The van der Waals surface area contributed by atoms with Crippen molar-refractivity contribution in [3.63, 3.8) is 0 Å². The number of hydrogen-bond acceptors (Lipinski definition) is 6. The normalized spacial score (nSPS) is 15.1. The third kappa shape index (κ3) is 4.65. The lowest BCUT2D eigenvalue weighted by atomic mass is 9.97. The van der Waals surface area contributed by atoms with Crippen LogP contribution >= 0.6 is 0 Å². The quantitative estimate of drug-likeness (QED) is 0.373. The first-order valence-electron chi connectivity index (χ1n) is 12.1. The highest BCUT2D eigenvalue weighted by molar-refractivity contribution is 5.99. The van der Waals surface area contributed by atoms with Crippen LogP contribution in [0.5, 0.6) is 11.5 Å². The summed E-state index contributed by atoms with van der Waals surface area (Å²) in [6.45, 7) is 7.46. The van der Waals surface area contributed by atoms with Gasteiger partial charge in [0.05, 0.1) is 30.7 Å². The number of methoxy groups -OCH3 is 2. The highest BCUT2D eigenvalue weighted by Gasteiger charge is 2.42. The van der Waals surface area contributed by atoms with Gasteiger partial charge >= 0.3 is 0 Å². The van der Waals surface area contributed by atoms with Gasteiger partial charge in [0.2, 0.25) is 5.76 Å². The summed E-state index contributed by atoms with van der Waals surface area (Å²) in [5.41, 5.74) is 3.22. The Morgan fingerprint density at radius 1 is 1.00 bits per heavy atom. The molecule has 0 N–H and O–H groups in total. The highest BCUT2D eigenvalue weighted by atomic mass is 16.5. The lowest BCUT2D eigenvalue weighted by molar-refractivity contribution is 0.0707. The van der Waals surface area contributed by atoms with Crippen molar-refractivity contribution in [2.24, 2.45) is 0 Å². The second-order valence-corrected chi connectivity index (χ2v) is 8.99. The van der Waals surface area contributed by atoms with E-state index in [1.54, 1.807) is 19.1 Å². The molecule has 3 aromatic rings. The Kier molecular flexibility index (Phi) is 7.45. The van der Waals surface area contributed by atoms with E-state index in [1.807, 2.05) is 44.2 Å². The number of rotatable bonds is 10. The molecule has 0 fully saturated rings. The van der Waals surface area contributed by atoms with Crippen molar-refractivity contribution in [1.29, 1.82) is 0 Å². The van der Waals surface area contributed by atoms with Gasteiger partial charge in [-0.2, -0.15) is 0 Å². The number of carbonyl (C=O) groups is 1. The molecule has 1 aliphatic rings. The van der Waals surface area contributed by atoms with Crippen molar-refractivity contribution in [3.8, 4) is 11.5 Å². The number of carbonyl (C=O) groups excluding carboxylic acids is 1. The largest absolute Gasteiger partial charge is 0.493 e. The minimum Gasteiger partial charge on any atom is -0.493 e. The summed E-state index contributed by atoms with van der Waals surface area (Å²) < 4.78 is 22.8. The zero-order valence-corrected chi connectivity index (χ0v) is 21.1. The molecule has 2 heterocycles. The Hall–Kier alpha value is -3.32. The molecular formula is C28H33NO6. The van der Waals surface area contributed by atoms with Crippen LogP contribution in [0.15, 0.2) is 39.5 Å². The van der Waals surface area contributed by atoms with Gasteiger partial charge < -0.3 is 23.5 Å². The lowest BCUT2D eigenvalue weighted by Crippen LogP contribution is -2.31. The molecule has 1 atom stereocenters. The van der Waals surface area contributed by atoms with Gasteiger partial charge in [-0.25, -0.2) is 0 Å². The van der Waals surface area contributed by atoms with Crippen molar-refractivity contribution in [2.75, 3.05) is 34.0 Å². The molecule has 0 aliphatic carbocycles. The Bertz CT molecular complexity index is 1290. The first kappa shape index (κ1) is 24.8. The van der Waals surface area contributed by atoms with Crippen LogP contribution in [-0.2, 0) is 4.74 Å². The van der Waals surface area contributed by atoms with E-state index >= 15 is 0 Å². The van der Waals surface area contributed by atoms with Gasteiger partial charge in [0, 0.05) is 20.3 Å².